The molecule has 0 unspecified atom stereocenters. The van der Waals surface area contributed by atoms with Crippen LogP contribution in [0.3, 0.4) is 0 Å². The van der Waals surface area contributed by atoms with Crippen LogP contribution in [-0.2, 0) is 10.0 Å². The maximum Gasteiger partial charge on any atom is 0.273 e. The van der Waals surface area contributed by atoms with Gasteiger partial charge >= 0.3 is 0 Å². The number of hydrogen-bond acceptors (Lipinski definition) is 5. The van der Waals surface area contributed by atoms with E-state index in [-0.39, 0.29) is 5.88 Å². The van der Waals surface area contributed by atoms with Crippen molar-refractivity contribution in [2.45, 2.75) is 12.1 Å². The van der Waals surface area contributed by atoms with Crippen molar-refractivity contribution in [2.24, 2.45) is 5.14 Å². The molecule has 1 heterocycles. The molecule has 6 nitrogen and oxygen atoms in total. The van der Waals surface area contributed by atoms with E-state index in [2.05, 4.69) is 9.97 Å². The number of hydrogen-bond donors (Lipinski definition) is 1. The SMILES string of the molecule is COc1cc(C)nc(S(N)(=O)=O)n1. The molecule has 0 saturated carbocycles. The largest absolute Gasteiger partial charge is 0.481 e. The zero-order valence-corrected chi connectivity index (χ0v) is 8.00. The Hall–Kier alpha value is -1.21. The first kappa shape index (κ1) is 9.87. The summed E-state index contributed by atoms with van der Waals surface area (Å²) in [6.07, 6.45) is 0. The van der Waals surface area contributed by atoms with Gasteiger partial charge in [0.05, 0.1) is 7.11 Å². The standard InChI is InChI=1S/C6H9N3O3S/c1-4-3-5(12-2)9-6(8-4)13(7,10)11/h3H,1-2H3,(H2,7,10,11). The van der Waals surface area contributed by atoms with E-state index in [9.17, 15) is 8.42 Å². The van der Waals surface area contributed by atoms with Crippen LogP contribution in [0, 0.1) is 6.92 Å². The summed E-state index contributed by atoms with van der Waals surface area (Å²) < 4.78 is 26.5. The molecule has 13 heavy (non-hydrogen) atoms. The summed E-state index contributed by atoms with van der Waals surface area (Å²) in [5.74, 6) is 0.177. The maximum absolute atomic E-state index is 10.9. The molecule has 7 heteroatoms. The van der Waals surface area contributed by atoms with Crippen LogP contribution in [0.15, 0.2) is 11.2 Å². The first-order valence-corrected chi connectivity index (χ1v) is 4.90. The third-order valence-corrected chi connectivity index (χ3v) is 1.97. The lowest BCUT2D eigenvalue weighted by molar-refractivity contribution is 0.390. The highest BCUT2D eigenvalue weighted by atomic mass is 32.2. The normalized spacial score (nSPS) is 11.3. The van der Waals surface area contributed by atoms with Crippen LogP contribution in [0.5, 0.6) is 5.88 Å². The average molecular weight is 203 g/mol. The second kappa shape index (κ2) is 3.27. The Bertz CT molecular complexity index is 415. The summed E-state index contributed by atoms with van der Waals surface area (Å²) >= 11 is 0. The first-order valence-electron chi connectivity index (χ1n) is 3.36. The molecule has 0 aliphatic carbocycles. The predicted molar refractivity (Wildman–Crippen MR) is 44.7 cm³/mol. The quantitative estimate of drug-likeness (QED) is 0.650. The van der Waals surface area contributed by atoms with E-state index < -0.39 is 15.2 Å². The number of nitrogens with zero attached hydrogens (tertiary/aromatic N) is 2. The van der Waals surface area contributed by atoms with Gasteiger partial charge in [-0.1, -0.05) is 0 Å². The van der Waals surface area contributed by atoms with Crippen molar-refractivity contribution >= 4 is 10.0 Å². The van der Waals surface area contributed by atoms with Gasteiger partial charge in [-0.15, -0.1) is 0 Å². The van der Waals surface area contributed by atoms with Crippen molar-refractivity contribution in [3.8, 4) is 5.88 Å². The minimum absolute atomic E-state index is 0.177. The summed E-state index contributed by atoms with van der Waals surface area (Å²) in [6.45, 7) is 1.62. The molecule has 2 N–H and O–H groups in total. The van der Waals surface area contributed by atoms with Gasteiger partial charge in [-0.3, -0.25) is 0 Å². The van der Waals surface area contributed by atoms with Gasteiger partial charge < -0.3 is 4.74 Å². The summed E-state index contributed by atoms with van der Waals surface area (Å²) in [4.78, 5) is 7.23. The van der Waals surface area contributed by atoms with Crippen molar-refractivity contribution in [1.29, 1.82) is 0 Å². The van der Waals surface area contributed by atoms with Crippen LogP contribution in [0.25, 0.3) is 0 Å². The van der Waals surface area contributed by atoms with Gasteiger partial charge in [0.15, 0.2) is 0 Å². The van der Waals surface area contributed by atoms with Crippen LogP contribution < -0.4 is 9.88 Å². The number of nitrogens with two attached hydrogens (primary N) is 1. The van der Waals surface area contributed by atoms with Crippen molar-refractivity contribution in [3.63, 3.8) is 0 Å². The molecule has 0 amide bonds. The van der Waals surface area contributed by atoms with E-state index in [4.69, 9.17) is 9.88 Å². The van der Waals surface area contributed by atoms with Crippen molar-refractivity contribution in [1.82, 2.24) is 9.97 Å². The van der Waals surface area contributed by atoms with E-state index in [1.165, 1.54) is 13.2 Å². The molecule has 0 aliphatic rings. The molecule has 0 aliphatic heterocycles. The molecule has 72 valence electrons. The molecule has 0 atom stereocenters. The summed E-state index contributed by atoms with van der Waals surface area (Å²) in [6, 6.07) is 1.51. The van der Waals surface area contributed by atoms with Crippen LogP contribution in [-0.4, -0.2) is 25.5 Å². The third kappa shape index (κ3) is 2.36. The lowest BCUT2D eigenvalue weighted by Gasteiger charge is -2.01. The molecule has 0 saturated heterocycles. The number of methoxy groups -OCH3 is 1. The summed E-state index contributed by atoms with van der Waals surface area (Å²) in [5, 5.41) is 4.41. The maximum atomic E-state index is 10.9. The summed E-state index contributed by atoms with van der Waals surface area (Å²) in [7, 11) is -2.48. The van der Waals surface area contributed by atoms with Crippen molar-refractivity contribution < 1.29 is 13.2 Å². The van der Waals surface area contributed by atoms with Gasteiger partial charge in [0, 0.05) is 11.8 Å². The van der Waals surface area contributed by atoms with Crippen LogP contribution in [0.4, 0.5) is 0 Å². The Morgan fingerprint density at radius 1 is 1.46 bits per heavy atom. The topological polar surface area (TPSA) is 95.2 Å². The minimum atomic E-state index is -3.86. The van der Waals surface area contributed by atoms with Crippen LogP contribution in [0.1, 0.15) is 5.69 Å². The number of primary sulfonamides is 1. The number of ether oxygens (including phenoxy) is 1. The Balaban J connectivity index is 3.33. The highest BCUT2D eigenvalue weighted by molar-refractivity contribution is 7.89. The van der Waals surface area contributed by atoms with Gasteiger partial charge in [-0.2, -0.15) is 4.98 Å². The van der Waals surface area contributed by atoms with Crippen molar-refractivity contribution in [3.05, 3.63) is 11.8 Å². The molecule has 1 aromatic rings. The van der Waals surface area contributed by atoms with Gasteiger partial charge in [0.2, 0.25) is 5.88 Å². The van der Waals surface area contributed by atoms with E-state index >= 15 is 0 Å². The van der Waals surface area contributed by atoms with Crippen LogP contribution >= 0.6 is 0 Å². The minimum Gasteiger partial charge on any atom is -0.481 e. The van der Waals surface area contributed by atoms with Gasteiger partial charge in [0.1, 0.15) is 0 Å². The van der Waals surface area contributed by atoms with Gasteiger partial charge in [0.25, 0.3) is 15.2 Å². The first-order chi connectivity index (χ1) is 5.93. The zero-order chi connectivity index (χ0) is 10.1. The Morgan fingerprint density at radius 2 is 2.08 bits per heavy atom. The number of rotatable bonds is 2. The number of aryl methyl sites for hydroxylation is 1. The molecule has 0 spiro atoms. The highest BCUT2D eigenvalue weighted by Gasteiger charge is 2.13. The Morgan fingerprint density at radius 3 is 2.54 bits per heavy atom. The Kier molecular flexibility index (Phi) is 2.48. The monoisotopic (exact) mass is 203 g/mol. The molecule has 0 radical (unpaired) electrons. The zero-order valence-electron chi connectivity index (χ0n) is 7.18. The second-order valence-electron chi connectivity index (χ2n) is 2.38. The number of aromatic nitrogens is 2. The van der Waals surface area contributed by atoms with E-state index in [0.29, 0.717) is 5.69 Å². The fourth-order valence-corrected chi connectivity index (χ4v) is 1.23. The van der Waals surface area contributed by atoms with Crippen LogP contribution in [0.2, 0.25) is 0 Å². The highest BCUT2D eigenvalue weighted by Crippen LogP contribution is 2.10. The Labute approximate surface area is 75.8 Å². The average Bonchev–Trinajstić information content (AvgIpc) is 2.01. The lowest BCUT2D eigenvalue weighted by Crippen LogP contribution is -2.16. The number of sulfonamides is 1. The molecular formula is C6H9N3O3S. The van der Waals surface area contributed by atoms with E-state index in [1.807, 2.05) is 0 Å². The molecular weight excluding hydrogens is 194 g/mol. The summed E-state index contributed by atoms with van der Waals surface area (Å²) in [5.41, 5.74) is 0.482. The molecule has 0 fully saturated rings. The van der Waals surface area contributed by atoms with Gasteiger partial charge in [-0.05, 0) is 6.92 Å². The fourth-order valence-electron chi connectivity index (χ4n) is 0.745. The molecule has 0 aromatic carbocycles. The van der Waals surface area contributed by atoms with E-state index in [0.717, 1.165) is 0 Å². The predicted octanol–water partition coefficient (Wildman–Crippen LogP) is -0.559. The fraction of sp³-hybridized carbons (Fsp3) is 0.333. The molecule has 1 aromatic heterocycles. The van der Waals surface area contributed by atoms with Gasteiger partial charge in [-0.25, -0.2) is 18.5 Å². The smallest absolute Gasteiger partial charge is 0.273 e. The molecule has 0 bridgehead atoms. The van der Waals surface area contributed by atoms with Crippen molar-refractivity contribution in [2.75, 3.05) is 7.11 Å². The third-order valence-electron chi connectivity index (χ3n) is 1.27. The second-order valence-corrected chi connectivity index (χ2v) is 3.83. The van der Waals surface area contributed by atoms with E-state index in [1.54, 1.807) is 6.92 Å². The lowest BCUT2D eigenvalue weighted by atomic mass is 10.4. The molecule has 1 rings (SSSR count).